The van der Waals surface area contributed by atoms with Crippen molar-refractivity contribution < 1.29 is 0 Å². The summed E-state index contributed by atoms with van der Waals surface area (Å²) in [7, 11) is 0. The van der Waals surface area contributed by atoms with Crippen LogP contribution >= 0.6 is 0 Å². The van der Waals surface area contributed by atoms with Crippen molar-refractivity contribution >= 4 is 98.0 Å². The molecule has 0 aliphatic carbocycles. The van der Waals surface area contributed by atoms with Gasteiger partial charge in [0.15, 0.2) is 0 Å². The lowest BCUT2D eigenvalue weighted by Gasteiger charge is -2.07. The number of aromatic nitrogens is 4. The third kappa shape index (κ3) is 5.04. The van der Waals surface area contributed by atoms with Crippen molar-refractivity contribution in [3.05, 3.63) is 215 Å². The van der Waals surface area contributed by atoms with Crippen LogP contribution in [0.2, 0.25) is 0 Å². The third-order valence-corrected chi connectivity index (χ3v) is 12.6. The van der Waals surface area contributed by atoms with Crippen molar-refractivity contribution in [2.75, 3.05) is 0 Å². The van der Waals surface area contributed by atoms with E-state index in [4.69, 9.17) is 9.97 Å². The van der Waals surface area contributed by atoms with Crippen molar-refractivity contribution in [3.63, 3.8) is 0 Å². The SMILES string of the molecule is O=c1c2cccc3cccc(c32)c2nc3cc(-c4ccc5ccccc5c4)ccc3n12.O=c1c2cccc3cccc(c32)c2nc3ccc(-c4ccc5ccccc5c4)cc3n12. The Balaban J connectivity index is 0.000000126. The van der Waals surface area contributed by atoms with Gasteiger partial charge in [0.2, 0.25) is 0 Å². The number of hydrogen-bond donors (Lipinski definition) is 0. The quantitative estimate of drug-likeness (QED) is 0.175. The second-order valence-corrected chi connectivity index (χ2v) is 16.1. The molecule has 0 radical (unpaired) electrons. The zero-order valence-corrected chi connectivity index (χ0v) is 33.1. The predicted octanol–water partition coefficient (Wildman–Crippen LogP) is 12.8. The van der Waals surface area contributed by atoms with Gasteiger partial charge in [-0.1, -0.05) is 146 Å². The van der Waals surface area contributed by atoms with Crippen LogP contribution in [-0.4, -0.2) is 18.8 Å². The number of benzene rings is 10. The topological polar surface area (TPSA) is 68.7 Å². The summed E-state index contributed by atoms with van der Waals surface area (Å²) in [6.45, 7) is 0. The van der Waals surface area contributed by atoms with Crippen LogP contribution in [0.5, 0.6) is 0 Å². The van der Waals surface area contributed by atoms with Crippen molar-refractivity contribution in [2.24, 2.45) is 0 Å². The van der Waals surface area contributed by atoms with Gasteiger partial charge in [0.25, 0.3) is 11.1 Å². The van der Waals surface area contributed by atoms with Crippen LogP contribution in [0.1, 0.15) is 0 Å². The van der Waals surface area contributed by atoms with E-state index in [1.54, 1.807) is 8.80 Å². The summed E-state index contributed by atoms with van der Waals surface area (Å²) in [5.74, 6) is 0. The molecule has 4 heterocycles. The fourth-order valence-electron chi connectivity index (χ4n) is 9.68. The zero-order chi connectivity index (χ0) is 41.1. The number of imidazole rings is 2. The molecule has 0 aliphatic heterocycles. The van der Waals surface area contributed by atoms with Gasteiger partial charge in [-0.25, -0.2) is 9.97 Å². The van der Waals surface area contributed by atoms with Crippen molar-refractivity contribution in [1.82, 2.24) is 18.8 Å². The van der Waals surface area contributed by atoms with Crippen LogP contribution in [0.4, 0.5) is 0 Å². The predicted molar refractivity (Wildman–Crippen MR) is 256 cm³/mol. The lowest BCUT2D eigenvalue weighted by Crippen LogP contribution is -2.13. The molecule has 0 atom stereocenters. The molecule has 0 unspecified atom stereocenters. The molecule has 0 aliphatic rings. The number of rotatable bonds is 2. The average molecular weight is 793 g/mol. The molecule has 14 rings (SSSR count). The number of pyridine rings is 2. The monoisotopic (exact) mass is 792 g/mol. The molecule has 4 aromatic heterocycles. The van der Waals surface area contributed by atoms with Crippen molar-refractivity contribution in [1.29, 1.82) is 0 Å². The maximum absolute atomic E-state index is 13.5. The lowest BCUT2D eigenvalue weighted by molar-refractivity contribution is 1.19. The van der Waals surface area contributed by atoms with Gasteiger partial charge in [-0.2, -0.15) is 0 Å². The van der Waals surface area contributed by atoms with E-state index in [-0.39, 0.29) is 11.1 Å². The molecule has 0 spiro atoms. The van der Waals surface area contributed by atoms with Gasteiger partial charge in [0, 0.05) is 32.3 Å². The summed E-state index contributed by atoms with van der Waals surface area (Å²) in [6.07, 6.45) is 0. The molecule has 0 saturated heterocycles. The molecule has 6 nitrogen and oxygen atoms in total. The first kappa shape index (κ1) is 34.4. The highest BCUT2D eigenvalue weighted by atomic mass is 16.1. The molecule has 0 amide bonds. The minimum absolute atomic E-state index is 0.0137. The first-order valence-corrected chi connectivity index (χ1v) is 20.7. The van der Waals surface area contributed by atoms with Crippen LogP contribution < -0.4 is 11.1 Å². The summed E-state index contributed by atoms with van der Waals surface area (Å²) in [5.41, 5.74) is 9.20. The number of nitrogens with zero attached hydrogens (tertiary/aromatic N) is 4. The largest absolute Gasteiger partial charge is 0.268 e. The van der Waals surface area contributed by atoms with Crippen LogP contribution in [0, 0.1) is 0 Å². The highest BCUT2D eigenvalue weighted by Crippen LogP contribution is 2.34. The molecule has 0 fully saturated rings. The molecular weight excluding hydrogens is 761 g/mol. The molecule has 14 aromatic rings. The van der Waals surface area contributed by atoms with Gasteiger partial charge in [-0.05, 0) is 103 Å². The highest BCUT2D eigenvalue weighted by molar-refractivity contribution is 6.16. The molecular formula is C56H32N4O2. The van der Waals surface area contributed by atoms with E-state index in [0.29, 0.717) is 0 Å². The summed E-state index contributed by atoms with van der Waals surface area (Å²) in [6, 6.07) is 66.1. The van der Waals surface area contributed by atoms with Gasteiger partial charge in [-0.15, -0.1) is 0 Å². The molecule has 62 heavy (non-hydrogen) atoms. The average Bonchev–Trinajstić information content (AvgIpc) is 3.91. The van der Waals surface area contributed by atoms with Gasteiger partial charge in [0.05, 0.1) is 22.1 Å². The fraction of sp³-hybridized carbons (Fsp3) is 0. The zero-order valence-electron chi connectivity index (χ0n) is 33.1. The van der Waals surface area contributed by atoms with Crippen molar-refractivity contribution in [2.45, 2.75) is 0 Å². The number of fused-ring (bicyclic) bond motifs is 10. The first-order chi connectivity index (χ1) is 30.6. The number of hydrogen-bond acceptors (Lipinski definition) is 4. The maximum atomic E-state index is 13.5. The van der Waals surface area contributed by atoms with E-state index < -0.39 is 0 Å². The van der Waals surface area contributed by atoms with E-state index in [9.17, 15) is 9.59 Å². The molecule has 288 valence electrons. The van der Waals surface area contributed by atoms with E-state index in [1.165, 1.54) is 21.5 Å². The summed E-state index contributed by atoms with van der Waals surface area (Å²) in [5, 5.41) is 12.5. The van der Waals surface area contributed by atoms with Gasteiger partial charge in [-0.3, -0.25) is 18.4 Å². The van der Waals surface area contributed by atoms with E-state index >= 15 is 0 Å². The van der Waals surface area contributed by atoms with Crippen molar-refractivity contribution in [3.8, 4) is 22.3 Å². The Labute approximate surface area is 352 Å². The van der Waals surface area contributed by atoms with Crippen LogP contribution in [0.3, 0.4) is 0 Å². The fourth-order valence-corrected chi connectivity index (χ4v) is 9.68. The lowest BCUT2D eigenvalue weighted by atomic mass is 10.0. The molecule has 0 bridgehead atoms. The minimum atomic E-state index is -0.0162. The summed E-state index contributed by atoms with van der Waals surface area (Å²) >= 11 is 0. The van der Waals surface area contributed by atoms with E-state index in [0.717, 1.165) is 98.7 Å². The Bertz CT molecular complexity index is 4220. The molecule has 0 saturated carbocycles. The highest BCUT2D eigenvalue weighted by Gasteiger charge is 2.18. The Hall–Kier alpha value is -8.48. The Morgan fingerprint density at radius 3 is 1.29 bits per heavy atom. The van der Waals surface area contributed by atoms with E-state index in [1.807, 2.05) is 72.8 Å². The molecule has 10 aromatic carbocycles. The maximum Gasteiger partial charge on any atom is 0.264 e. The second kappa shape index (κ2) is 13.0. The normalized spacial score (nSPS) is 12.0. The standard InChI is InChI=1S/2C28H16N2O/c31-28-23-10-4-8-18-7-3-9-22(26(18)23)27-29-24-16-21(13-14-25(24)30(27)28)20-12-11-17-5-1-2-6-19(17)15-20;31-28-23-10-4-8-18-7-3-9-22(26(18)23)27-29-24-14-13-21(16-25(24)30(27)28)20-12-11-17-5-1-2-6-19(17)15-20/h2*1-16H. The summed E-state index contributed by atoms with van der Waals surface area (Å²) in [4.78, 5) is 36.7. The Morgan fingerprint density at radius 1 is 0.306 bits per heavy atom. The first-order valence-electron chi connectivity index (χ1n) is 20.7. The van der Waals surface area contributed by atoms with Gasteiger partial charge in [0.1, 0.15) is 11.3 Å². The summed E-state index contributed by atoms with van der Waals surface area (Å²) < 4.78 is 3.54. The van der Waals surface area contributed by atoms with Crippen LogP contribution in [0.15, 0.2) is 204 Å². The Kier molecular flexibility index (Phi) is 7.22. The third-order valence-electron chi connectivity index (χ3n) is 12.6. The second-order valence-electron chi connectivity index (χ2n) is 16.1. The minimum Gasteiger partial charge on any atom is -0.268 e. The Morgan fingerprint density at radius 2 is 0.726 bits per heavy atom. The van der Waals surface area contributed by atoms with Crippen LogP contribution in [0.25, 0.3) is 120 Å². The van der Waals surface area contributed by atoms with Gasteiger partial charge >= 0.3 is 0 Å². The smallest absolute Gasteiger partial charge is 0.264 e. The van der Waals surface area contributed by atoms with E-state index in [2.05, 4.69) is 121 Å². The van der Waals surface area contributed by atoms with Gasteiger partial charge < -0.3 is 0 Å². The van der Waals surface area contributed by atoms with Crippen LogP contribution in [-0.2, 0) is 0 Å². The molecule has 0 N–H and O–H groups in total. The molecule has 6 heteroatoms.